The number of aliphatic hydroxyl groups excluding tert-OH is 1. The Labute approximate surface area is 154 Å². The fourth-order valence-electron chi connectivity index (χ4n) is 2.83. The Hall–Kier alpha value is -2.02. The highest BCUT2D eigenvalue weighted by Crippen LogP contribution is 2.22. The van der Waals surface area contributed by atoms with Crippen molar-refractivity contribution in [3.63, 3.8) is 0 Å². The molecule has 136 valence electrons. The van der Waals surface area contributed by atoms with Crippen molar-refractivity contribution in [2.24, 2.45) is 0 Å². The Morgan fingerprint density at radius 3 is 1.76 bits per heavy atom. The van der Waals surface area contributed by atoms with Gasteiger partial charge in [0.2, 0.25) is 0 Å². The normalized spacial score (nSPS) is 10.0. The zero-order valence-corrected chi connectivity index (χ0v) is 16.2. The Morgan fingerprint density at radius 1 is 0.760 bits per heavy atom. The van der Waals surface area contributed by atoms with E-state index in [0.717, 1.165) is 5.56 Å². The third-order valence-electron chi connectivity index (χ3n) is 4.32. The molecule has 25 heavy (non-hydrogen) atoms. The number of hydrogen-bond acceptors (Lipinski definition) is 1. The van der Waals surface area contributed by atoms with Crippen LogP contribution in [0.4, 0.5) is 0 Å². The predicted molar refractivity (Wildman–Crippen MR) is 112 cm³/mol. The number of aliphatic hydroxyl groups is 1. The van der Waals surface area contributed by atoms with E-state index >= 15 is 0 Å². The first kappa shape index (κ1) is 21.0. The first-order valence-electron chi connectivity index (χ1n) is 9.78. The topological polar surface area (TPSA) is 20.2 Å². The van der Waals surface area contributed by atoms with E-state index in [1.54, 1.807) is 0 Å². The Morgan fingerprint density at radius 2 is 1.24 bits per heavy atom. The second kappa shape index (κ2) is 12.4. The van der Waals surface area contributed by atoms with Crippen LogP contribution >= 0.6 is 0 Å². The van der Waals surface area contributed by atoms with Gasteiger partial charge in [-0.3, -0.25) is 0 Å². The Bertz CT molecular complexity index is 593. The molecule has 0 aliphatic rings. The van der Waals surface area contributed by atoms with Crippen molar-refractivity contribution in [3.8, 4) is 11.1 Å². The van der Waals surface area contributed by atoms with Gasteiger partial charge in [-0.1, -0.05) is 108 Å². The number of benzene rings is 2. The van der Waals surface area contributed by atoms with E-state index < -0.39 is 0 Å². The standard InChI is InChI=1S/C22H28O.C2H6/c1-3-4-5-6-7-8-9-19-10-12-21(13-11-19)22-16-14-20(15-17-22)18(2)23;1-2/h10-17,23H,2-9H2,1H3;1-2H3. The molecule has 0 radical (unpaired) electrons. The van der Waals surface area contributed by atoms with Gasteiger partial charge in [0, 0.05) is 5.56 Å². The molecule has 2 aromatic carbocycles. The van der Waals surface area contributed by atoms with Gasteiger partial charge in [0.25, 0.3) is 0 Å². The van der Waals surface area contributed by atoms with Crippen molar-refractivity contribution in [3.05, 3.63) is 66.2 Å². The smallest absolute Gasteiger partial charge is 0.115 e. The first-order valence-corrected chi connectivity index (χ1v) is 9.78. The van der Waals surface area contributed by atoms with Gasteiger partial charge in [0.1, 0.15) is 5.76 Å². The molecule has 0 aliphatic heterocycles. The summed E-state index contributed by atoms with van der Waals surface area (Å²) in [5.74, 6) is 0.117. The van der Waals surface area contributed by atoms with E-state index in [1.807, 2.05) is 38.1 Å². The van der Waals surface area contributed by atoms with Crippen molar-refractivity contribution in [1.82, 2.24) is 0 Å². The van der Waals surface area contributed by atoms with Crippen LogP contribution in [-0.2, 0) is 6.42 Å². The van der Waals surface area contributed by atoms with Crippen molar-refractivity contribution < 1.29 is 5.11 Å². The second-order valence-electron chi connectivity index (χ2n) is 6.24. The van der Waals surface area contributed by atoms with Gasteiger partial charge in [-0.2, -0.15) is 0 Å². The van der Waals surface area contributed by atoms with E-state index in [0.29, 0.717) is 0 Å². The van der Waals surface area contributed by atoms with Crippen LogP contribution in [-0.4, -0.2) is 5.11 Å². The lowest BCUT2D eigenvalue weighted by Crippen LogP contribution is -1.87. The second-order valence-corrected chi connectivity index (χ2v) is 6.24. The SMILES string of the molecule is C=C(O)c1ccc(-c2ccc(CCCCCCCC)cc2)cc1.CC. The molecule has 0 spiro atoms. The lowest BCUT2D eigenvalue weighted by atomic mass is 10.00. The molecule has 2 aromatic rings. The van der Waals surface area contributed by atoms with Crippen LogP contribution in [0.2, 0.25) is 0 Å². The van der Waals surface area contributed by atoms with Gasteiger partial charge in [-0.15, -0.1) is 0 Å². The maximum absolute atomic E-state index is 9.38. The van der Waals surface area contributed by atoms with Crippen molar-refractivity contribution in [2.45, 2.75) is 65.7 Å². The van der Waals surface area contributed by atoms with E-state index in [-0.39, 0.29) is 5.76 Å². The minimum absolute atomic E-state index is 0.117. The zero-order valence-electron chi connectivity index (χ0n) is 16.2. The number of aryl methyl sites for hydroxylation is 1. The Kier molecular flexibility index (Phi) is 10.4. The zero-order chi connectivity index (χ0) is 18.5. The molecule has 0 heterocycles. The summed E-state index contributed by atoms with van der Waals surface area (Å²) in [6.45, 7) is 9.81. The number of unbranched alkanes of at least 4 members (excludes halogenated alkanes) is 5. The third-order valence-corrected chi connectivity index (χ3v) is 4.32. The van der Waals surface area contributed by atoms with Crippen LogP contribution in [0.1, 0.15) is 70.4 Å². The quantitative estimate of drug-likeness (QED) is 0.365. The van der Waals surface area contributed by atoms with E-state index in [2.05, 4.69) is 37.8 Å². The fraction of sp³-hybridized carbons (Fsp3) is 0.417. The molecule has 0 amide bonds. The minimum atomic E-state index is 0.117. The predicted octanol–water partition coefficient (Wildman–Crippen LogP) is 7.81. The summed E-state index contributed by atoms with van der Waals surface area (Å²) in [6.07, 6.45) is 9.24. The molecule has 0 bridgehead atoms. The molecule has 0 atom stereocenters. The van der Waals surface area contributed by atoms with Crippen LogP contribution in [0.3, 0.4) is 0 Å². The van der Waals surface area contributed by atoms with Gasteiger partial charge < -0.3 is 5.11 Å². The van der Waals surface area contributed by atoms with Gasteiger partial charge in [-0.25, -0.2) is 0 Å². The summed E-state index contributed by atoms with van der Waals surface area (Å²) < 4.78 is 0. The van der Waals surface area contributed by atoms with E-state index in [1.165, 1.54) is 61.6 Å². The van der Waals surface area contributed by atoms with Crippen LogP contribution in [0.15, 0.2) is 55.1 Å². The molecule has 1 N–H and O–H groups in total. The van der Waals surface area contributed by atoms with Crippen LogP contribution in [0.5, 0.6) is 0 Å². The maximum atomic E-state index is 9.38. The largest absolute Gasteiger partial charge is 0.508 e. The van der Waals surface area contributed by atoms with Crippen LogP contribution in [0, 0.1) is 0 Å². The third kappa shape index (κ3) is 7.60. The minimum Gasteiger partial charge on any atom is -0.508 e. The molecule has 0 aromatic heterocycles. The van der Waals surface area contributed by atoms with E-state index in [9.17, 15) is 5.11 Å². The number of rotatable bonds is 9. The molecule has 1 nitrogen and oxygen atoms in total. The average Bonchev–Trinajstić information content (AvgIpc) is 2.67. The molecule has 1 heteroatoms. The molecule has 0 saturated carbocycles. The molecule has 2 rings (SSSR count). The van der Waals surface area contributed by atoms with E-state index in [4.69, 9.17) is 0 Å². The van der Waals surface area contributed by atoms with Crippen molar-refractivity contribution >= 4 is 5.76 Å². The average molecular weight is 339 g/mol. The summed E-state index contributed by atoms with van der Waals surface area (Å²) in [5.41, 5.74) is 4.57. The summed E-state index contributed by atoms with van der Waals surface area (Å²) in [4.78, 5) is 0. The summed E-state index contributed by atoms with van der Waals surface area (Å²) in [6, 6.07) is 16.7. The van der Waals surface area contributed by atoms with Gasteiger partial charge in [0.05, 0.1) is 0 Å². The fourth-order valence-corrected chi connectivity index (χ4v) is 2.83. The lowest BCUT2D eigenvalue weighted by molar-refractivity contribution is 0.514. The van der Waals surface area contributed by atoms with Gasteiger partial charge in [-0.05, 0) is 29.5 Å². The van der Waals surface area contributed by atoms with Crippen LogP contribution in [0.25, 0.3) is 16.9 Å². The molecule has 0 saturated heterocycles. The summed E-state index contributed by atoms with van der Waals surface area (Å²) in [5, 5.41) is 9.38. The van der Waals surface area contributed by atoms with Gasteiger partial charge in [0.15, 0.2) is 0 Å². The van der Waals surface area contributed by atoms with Crippen LogP contribution < -0.4 is 0 Å². The van der Waals surface area contributed by atoms with Crippen molar-refractivity contribution in [2.75, 3.05) is 0 Å². The monoisotopic (exact) mass is 338 g/mol. The lowest BCUT2D eigenvalue weighted by Gasteiger charge is -2.06. The highest BCUT2D eigenvalue weighted by Gasteiger charge is 2.01. The molecular formula is C24H34O. The maximum Gasteiger partial charge on any atom is 0.115 e. The highest BCUT2D eigenvalue weighted by molar-refractivity contribution is 5.67. The molecule has 0 fully saturated rings. The van der Waals surface area contributed by atoms with Gasteiger partial charge >= 0.3 is 0 Å². The molecule has 0 unspecified atom stereocenters. The Balaban J connectivity index is 0.00000151. The molecule has 0 aliphatic carbocycles. The molecular weight excluding hydrogens is 304 g/mol. The highest BCUT2D eigenvalue weighted by atomic mass is 16.3. The van der Waals surface area contributed by atoms with Crippen molar-refractivity contribution in [1.29, 1.82) is 0 Å². The first-order chi connectivity index (χ1) is 12.2. The summed E-state index contributed by atoms with van der Waals surface area (Å²) in [7, 11) is 0. The number of hydrogen-bond donors (Lipinski definition) is 1. The summed E-state index contributed by atoms with van der Waals surface area (Å²) >= 11 is 0.